The molecule has 0 saturated carbocycles. The van der Waals surface area contributed by atoms with Gasteiger partial charge in [0, 0.05) is 36.6 Å². The van der Waals surface area contributed by atoms with Crippen LogP contribution in [0, 0.1) is 5.92 Å². The van der Waals surface area contributed by atoms with Crippen molar-refractivity contribution in [2.45, 2.75) is 44.6 Å². The molecule has 1 atom stereocenters. The molecule has 1 amide bonds. The number of hydrogen-bond acceptors (Lipinski definition) is 6. The molecule has 2 aromatic heterocycles. The molecule has 0 aliphatic carbocycles. The Morgan fingerprint density at radius 3 is 2.42 bits per heavy atom. The number of piperidine rings is 1. The Bertz CT molecular complexity index is 1490. The van der Waals surface area contributed by atoms with Crippen LogP contribution in [0.3, 0.4) is 0 Å². The summed E-state index contributed by atoms with van der Waals surface area (Å²) in [7, 11) is 0. The number of alkyl halides is 3. The van der Waals surface area contributed by atoms with Crippen LogP contribution in [0.25, 0.3) is 5.82 Å². The molecule has 1 fully saturated rings. The van der Waals surface area contributed by atoms with E-state index in [1.807, 2.05) is 47.3 Å². The van der Waals surface area contributed by atoms with E-state index in [2.05, 4.69) is 31.2 Å². The fraction of sp³-hybridized carbons (Fsp3) is 0.323. The lowest BCUT2D eigenvalue weighted by Crippen LogP contribution is -2.42. The normalized spacial score (nSPS) is 14.7. The molecule has 0 radical (unpaired) electrons. The van der Waals surface area contributed by atoms with Gasteiger partial charge in [-0.3, -0.25) is 4.79 Å². The highest BCUT2D eigenvalue weighted by molar-refractivity contribution is 6.30. The number of carbonyl (C=O) groups is 1. The third-order valence-electron chi connectivity index (χ3n) is 7.34. The fourth-order valence-electron chi connectivity index (χ4n) is 5.02. The summed E-state index contributed by atoms with van der Waals surface area (Å²) in [6.07, 6.45) is 1.79. The van der Waals surface area contributed by atoms with E-state index in [0.717, 1.165) is 43.6 Å². The molecule has 1 saturated heterocycles. The first-order valence-electron chi connectivity index (χ1n) is 14.1. The van der Waals surface area contributed by atoms with Gasteiger partial charge in [-0.25, -0.2) is 0 Å². The van der Waals surface area contributed by atoms with E-state index < -0.39 is 17.8 Å². The number of nitrogens with one attached hydrogen (secondary N) is 4. The van der Waals surface area contributed by atoms with E-state index in [-0.39, 0.29) is 12.5 Å². The van der Waals surface area contributed by atoms with Crippen LogP contribution in [-0.4, -0.2) is 39.6 Å². The Morgan fingerprint density at radius 1 is 0.977 bits per heavy atom. The monoisotopic (exact) mass is 611 g/mol. The molecule has 0 bridgehead atoms. The molecule has 8 nitrogen and oxygen atoms in total. The van der Waals surface area contributed by atoms with Gasteiger partial charge < -0.3 is 25.8 Å². The summed E-state index contributed by atoms with van der Waals surface area (Å²) in [5.41, 5.74) is 0.810. The minimum atomic E-state index is -4.41. The average Bonchev–Trinajstić information content (AvgIpc) is 3.54. The standard InChI is InChI=1S/C31H33ClF3N7O/c32-25-5-3-4-23(16-25)20-38-30-40-27(18-28(41-30)42-14-1-2-15-42)39-26(17-21-10-12-36-13-11-21)29(43)37-19-22-6-8-24(9-7-22)31(33,34)35/h1-9,14-16,18,21,26,36H,10-13,17,19-20H2,(H,37,43)(H2,38,39,40,41). The zero-order chi connectivity index (χ0) is 30.2. The number of anilines is 2. The maximum absolute atomic E-state index is 13.5. The van der Waals surface area contributed by atoms with Crippen molar-refractivity contribution in [1.29, 1.82) is 0 Å². The molecule has 0 spiro atoms. The summed E-state index contributed by atoms with van der Waals surface area (Å²) in [5.74, 6) is 1.52. The summed E-state index contributed by atoms with van der Waals surface area (Å²) >= 11 is 6.14. The first-order chi connectivity index (χ1) is 20.7. The predicted molar refractivity (Wildman–Crippen MR) is 161 cm³/mol. The second kappa shape index (κ2) is 13.9. The smallest absolute Gasteiger partial charge is 0.358 e. The topological polar surface area (TPSA) is 95.9 Å². The van der Waals surface area contributed by atoms with Gasteiger partial charge in [-0.05, 0) is 85.8 Å². The Hall–Kier alpha value is -4.09. The molecule has 3 heterocycles. The predicted octanol–water partition coefficient (Wildman–Crippen LogP) is 6.04. The minimum Gasteiger partial charge on any atom is -0.358 e. The highest BCUT2D eigenvalue weighted by atomic mass is 35.5. The molecule has 12 heteroatoms. The number of rotatable bonds is 11. The largest absolute Gasteiger partial charge is 0.416 e. The molecule has 43 heavy (non-hydrogen) atoms. The minimum absolute atomic E-state index is 0.103. The van der Waals surface area contributed by atoms with Gasteiger partial charge in [0.25, 0.3) is 0 Å². The van der Waals surface area contributed by atoms with Crippen LogP contribution >= 0.6 is 11.6 Å². The maximum atomic E-state index is 13.5. The molecular formula is C31H33ClF3N7O. The summed E-state index contributed by atoms with van der Waals surface area (Å²) in [6, 6.07) is 17.2. The van der Waals surface area contributed by atoms with E-state index in [1.165, 1.54) is 12.1 Å². The van der Waals surface area contributed by atoms with E-state index >= 15 is 0 Å². The van der Waals surface area contributed by atoms with Gasteiger partial charge in [0.2, 0.25) is 11.9 Å². The Kier molecular flexibility index (Phi) is 9.83. The number of hydrogen-bond donors (Lipinski definition) is 4. The van der Waals surface area contributed by atoms with Gasteiger partial charge in [-0.15, -0.1) is 0 Å². The van der Waals surface area contributed by atoms with Crippen molar-refractivity contribution in [1.82, 2.24) is 25.2 Å². The lowest BCUT2D eigenvalue weighted by Gasteiger charge is -2.27. The van der Waals surface area contributed by atoms with Crippen LogP contribution in [-0.2, 0) is 24.1 Å². The highest BCUT2D eigenvalue weighted by Gasteiger charge is 2.30. The second-order valence-corrected chi connectivity index (χ2v) is 11.0. The summed E-state index contributed by atoms with van der Waals surface area (Å²) in [4.78, 5) is 22.8. The average molecular weight is 612 g/mol. The van der Waals surface area contributed by atoms with Crippen LogP contribution in [0.4, 0.5) is 24.9 Å². The van der Waals surface area contributed by atoms with Crippen molar-refractivity contribution in [3.63, 3.8) is 0 Å². The molecule has 4 N–H and O–H groups in total. The van der Waals surface area contributed by atoms with Crippen molar-refractivity contribution >= 4 is 29.3 Å². The van der Waals surface area contributed by atoms with Crippen LogP contribution < -0.4 is 21.3 Å². The maximum Gasteiger partial charge on any atom is 0.416 e. The van der Waals surface area contributed by atoms with E-state index in [0.29, 0.717) is 47.1 Å². The van der Waals surface area contributed by atoms with Crippen molar-refractivity contribution in [2.75, 3.05) is 23.7 Å². The quantitative estimate of drug-likeness (QED) is 0.165. The molecule has 226 valence electrons. The lowest BCUT2D eigenvalue weighted by molar-refractivity contribution is -0.137. The Labute approximate surface area is 253 Å². The number of carbonyl (C=O) groups excluding carboxylic acids is 1. The summed E-state index contributed by atoms with van der Waals surface area (Å²) < 4.78 is 40.7. The van der Waals surface area contributed by atoms with Crippen molar-refractivity contribution < 1.29 is 18.0 Å². The van der Waals surface area contributed by atoms with Gasteiger partial charge in [0.15, 0.2) is 0 Å². The van der Waals surface area contributed by atoms with E-state index in [1.54, 1.807) is 12.1 Å². The molecule has 1 unspecified atom stereocenters. The molecule has 4 aromatic rings. The number of amides is 1. The lowest BCUT2D eigenvalue weighted by atomic mass is 9.90. The molecule has 1 aliphatic heterocycles. The number of halogens is 4. The second-order valence-electron chi connectivity index (χ2n) is 10.5. The van der Waals surface area contributed by atoms with Crippen molar-refractivity contribution in [3.8, 4) is 5.82 Å². The van der Waals surface area contributed by atoms with E-state index in [9.17, 15) is 18.0 Å². The summed E-state index contributed by atoms with van der Waals surface area (Å²) in [6.45, 7) is 2.31. The van der Waals surface area contributed by atoms with Crippen LogP contribution in [0.2, 0.25) is 5.02 Å². The zero-order valence-electron chi connectivity index (χ0n) is 23.4. The first kappa shape index (κ1) is 30.4. The molecule has 5 rings (SSSR count). The highest BCUT2D eigenvalue weighted by Crippen LogP contribution is 2.29. The van der Waals surface area contributed by atoms with Crippen LogP contribution in [0.1, 0.15) is 36.0 Å². The number of nitrogens with zero attached hydrogens (tertiary/aromatic N) is 3. The van der Waals surface area contributed by atoms with E-state index in [4.69, 9.17) is 11.6 Å². The third kappa shape index (κ3) is 8.71. The SMILES string of the molecule is O=C(NCc1ccc(C(F)(F)F)cc1)C(CC1CCNCC1)Nc1cc(-n2cccc2)nc(NCc2cccc(Cl)c2)n1. The van der Waals surface area contributed by atoms with Gasteiger partial charge in [0.1, 0.15) is 17.7 Å². The third-order valence-corrected chi connectivity index (χ3v) is 7.57. The fourth-order valence-corrected chi connectivity index (χ4v) is 5.23. The van der Waals surface area contributed by atoms with Crippen LogP contribution in [0.15, 0.2) is 79.1 Å². The van der Waals surface area contributed by atoms with Crippen LogP contribution in [0.5, 0.6) is 0 Å². The Morgan fingerprint density at radius 2 is 1.72 bits per heavy atom. The molecular weight excluding hydrogens is 579 g/mol. The van der Waals surface area contributed by atoms with Gasteiger partial charge >= 0.3 is 6.18 Å². The molecule has 1 aliphatic rings. The summed E-state index contributed by atoms with van der Waals surface area (Å²) in [5, 5.41) is 13.5. The molecule has 2 aromatic carbocycles. The first-order valence-corrected chi connectivity index (χ1v) is 14.5. The van der Waals surface area contributed by atoms with Crippen molar-refractivity contribution in [2.24, 2.45) is 5.92 Å². The van der Waals surface area contributed by atoms with Gasteiger partial charge in [-0.2, -0.15) is 23.1 Å². The number of aromatic nitrogens is 3. The zero-order valence-corrected chi connectivity index (χ0v) is 24.1. The van der Waals surface area contributed by atoms with Gasteiger partial charge in [0.05, 0.1) is 5.56 Å². The number of benzene rings is 2. The van der Waals surface area contributed by atoms with Gasteiger partial charge in [-0.1, -0.05) is 35.9 Å². The Balaban J connectivity index is 1.34. The van der Waals surface area contributed by atoms with Crippen molar-refractivity contribution in [3.05, 3.63) is 101 Å².